The van der Waals surface area contributed by atoms with Crippen molar-refractivity contribution in [3.05, 3.63) is 30.2 Å². The van der Waals surface area contributed by atoms with E-state index in [0.29, 0.717) is 12.8 Å². The number of benzene rings is 1. The largest absolute Gasteiger partial charge is 0.471 e. The number of rotatable bonds is 3. The van der Waals surface area contributed by atoms with Gasteiger partial charge in [-0.3, -0.25) is 0 Å². The minimum atomic E-state index is -4.75. The van der Waals surface area contributed by atoms with Crippen LogP contribution in [0.15, 0.2) is 27.6 Å². The van der Waals surface area contributed by atoms with E-state index in [4.69, 9.17) is 0 Å². The lowest BCUT2D eigenvalue weighted by Crippen LogP contribution is -2.24. The summed E-state index contributed by atoms with van der Waals surface area (Å²) in [5, 5.41) is 2.80. The fourth-order valence-corrected chi connectivity index (χ4v) is 4.60. The quantitative estimate of drug-likeness (QED) is 0.836. The number of sulfone groups is 1. The second-order valence-corrected chi connectivity index (χ2v) is 7.86. The molecule has 3 rings (SSSR count). The number of aromatic nitrogens is 2. The van der Waals surface area contributed by atoms with Gasteiger partial charge in [0.1, 0.15) is 0 Å². The zero-order chi connectivity index (χ0) is 17.4. The van der Waals surface area contributed by atoms with Gasteiger partial charge in [-0.2, -0.15) is 18.2 Å². The molecule has 1 aromatic heterocycles. The van der Waals surface area contributed by atoms with Crippen LogP contribution in [0.2, 0.25) is 0 Å². The van der Waals surface area contributed by atoms with Gasteiger partial charge in [0, 0.05) is 11.6 Å². The van der Waals surface area contributed by atoms with Crippen LogP contribution in [0.3, 0.4) is 0 Å². The van der Waals surface area contributed by atoms with Gasteiger partial charge < -0.3 is 4.52 Å². The van der Waals surface area contributed by atoms with Gasteiger partial charge in [0.25, 0.3) is 0 Å². The van der Waals surface area contributed by atoms with E-state index in [1.807, 2.05) is 0 Å². The fourth-order valence-electron chi connectivity index (χ4n) is 2.76. The third-order valence-electron chi connectivity index (χ3n) is 4.00. The first-order valence-corrected chi connectivity index (χ1v) is 9.00. The van der Waals surface area contributed by atoms with Crippen molar-refractivity contribution in [2.75, 3.05) is 0 Å². The molecule has 129 valence electrons. The first-order chi connectivity index (χ1) is 11.3. The maximum Gasteiger partial charge on any atom is 0.471 e. The molecule has 0 atom stereocenters. The lowest BCUT2D eigenvalue weighted by molar-refractivity contribution is -0.159. The zero-order valence-electron chi connectivity index (χ0n) is 12.5. The van der Waals surface area contributed by atoms with Crippen LogP contribution < -0.4 is 0 Å². The van der Waals surface area contributed by atoms with E-state index in [-0.39, 0.29) is 16.3 Å². The van der Waals surface area contributed by atoms with Gasteiger partial charge >= 0.3 is 12.1 Å². The predicted molar refractivity (Wildman–Crippen MR) is 77.6 cm³/mol. The van der Waals surface area contributed by atoms with E-state index in [0.717, 1.165) is 19.3 Å². The average molecular weight is 359 g/mol. The number of alkyl halides is 3. The second-order valence-electron chi connectivity index (χ2n) is 5.67. The summed E-state index contributed by atoms with van der Waals surface area (Å²) in [5.74, 6) is -1.78. The second kappa shape index (κ2) is 6.19. The number of halogens is 3. The summed E-state index contributed by atoms with van der Waals surface area (Å²) in [5.41, 5.74) is 0.141. The molecule has 5 nitrogen and oxygen atoms in total. The van der Waals surface area contributed by atoms with E-state index in [9.17, 15) is 21.6 Å². The van der Waals surface area contributed by atoms with Crippen LogP contribution in [0, 0.1) is 6.07 Å². The molecule has 9 heteroatoms. The molecular weight excluding hydrogens is 345 g/mol. The highest BCUT2D eigenvalue weighted by Gasteiger charge is 2.38. The molecule has 1 aliphatic carbocycles. The first kappa shape index (κ1) is 16.9. The van der Waals surface area contributed by atoms with Crippen molar-refractivity contribution in [1.82, 2.24) is 10.1 Å². The highest BCUT2D eigenvalue weighted by molar-refractivity contribution is 7.92. The lowest BCUT2D eigenvalue weighted by atomic mass is 10.0. The monoisotopic (exact) mass is 359 g/mol. The normalized spacial score (nSPS) is 17.1. The Hall–Kier alpha value is -1.90. The lowest BCUT2D eigenvalue weighted by Gasteiger charge is -2.21. The van der Waals surface area contributed by atoms with Crippen LogP contribution in [0.25, 0.3) is 11.4 Å². The third-order valence-corrected chi connectivity index (χ3v) is 6.20. The molecule has 0 N–H and O–H groups in total. The maximum atomic E-state index is 12.7. The standard InChI is InChI=1S/C15H14F3N2O3S/c16-15(17,18)14-19-13(20-23-14)10-5-4-8-12(9-10)24(21,22)11-6-2-1-3-7-11/h4-5,9,11H,1-3,6-7H2. The molecule has 0 unspecified atom stereocenters. The van der Waals surface area contributed by atoms with Crippen molar-refractivity contribution in [3.63, 3.8) is 0 Å². The third kappa shape index (κ3) is 3.31. The fraction of sp³-hybridized carbons (Fsp3) is 0.467. The molecule has 0 amide bonds. The Morgan fingerprint density at radius 2 is 1.92 bits per heavy atom. The molecule has 0 spiro atoms. The molecule has 0 bridgehead atoms. The smallest absolute Gasteiger partial charge is 0.329 e. The molecule has 1 aromatic carbocycles. The van der Waals surface area contributed by atoms with Gasteiger partial charge in [0.05, 0.1) is 10.1 Å². The molecule has 1 radical (unpaired) electrons. The molecule has 1 fully saturated rings. The SMILES string of the molecule is O=S(=O)(c1[c]ccc(-c2noc(C(F)(F)F)n2)c1)C1CCCCC1. The van der Waals surface area contributed by atoms with Gasteiger partial charge in [0.15, 0.2) is 9.84 Å². The highest BCUT2D eigenvalue weighted by atomic mass is 32.2. The van der Waals surface area contributed by atoms with E-state index >= 15 is 0 Å². The van der Waals surface area contributed by atoms with E-state index in [2.05, 4.69) is 20.7 Å². The van der Waals surface area contributed by atoms with Gasteiger partial charge in [-0.1, -0.05) is 36.6 Å². The van der Waals surface area contributed by atoms with Gasteiger partial charge in [-0.15, -0.1) is 0 Å². The van der Waals surface area contributed by atoms with Crippen LogP contribution in [0.1, 0.15) is 38.0 Å². The Kier molecular flexibility index (Phi) is 4.37. The van der Waals surface area contributed by atoms with Crippen molar-refractivity contribution in [3.8, 4) is 11.4 Å². The molecule has 0 saturated heterocycles. The minimum absolute atomic E-state index is 0.0507. The molecule has 2 aromatic rings. The summed E-state index contributed by atoms with van der Waals surface area (Å²) in [4.78, 5) is 3.23. The number of hydrogen-bond acceptors (Lipinski definition) is 5. The summed E-state index contributed by atoms with van der Waals surface area (Å²) < 4.78 is 67.1. The summed E-state index contributed by atoms with van der Waals surface area (Å²) in [6.07, 6.45) is -0.865. The molecule has 1 heterocycles. The molecule has 0 aliphatic heterocycles. The van der Waals surface area contributed by atoms with Gasteiger partial charge in [-0.25, -0.2) is 8.42 Å². The Labute approximate surface area is 136 Å². The van der Waals surface area contributed by atoms with E-state index in [1.54, 1.807) is 0 Å². The Morgan fingerprint density at radius 1 is 1.21 bits per heavy atom. The molecule has 24 heavy (non-hydrogen) atoms. The van der Waals surface area contributed by atoms with Crippen molar-refractivity contribution >= 4 is 9.84 Å². The van der Waals surface area contributed by atoms with Crippen LogP contribution in [0.4, 0.5) is 13.2 Å². The highest BCUT2D eigenvalue weighted by Crippen LogP contribution is 2.32. The zero-order valence-corrected chi connectivity index (χ0v) is 13.3. The minimum Gasteiger partial charge on any atom is -0.329 e. The average Bonchev–Trinajstić information content (AvgIpc) is 3.06. The first-order valence-electron chi connectivity index (χ1n) is 7.45. The molecular formula is C15H14F3N2O3S. The van der Waals surface area contributed by atoms with Crippen molar-refractivity contribution in [2.45, 2.75) is 48.4 Å². The Bertz CT molecular complexity index is 824. The van der Waals surface area contributed by atoms with E-state index < -0.39 is 27.2 Å². The Morgan fingerprint density at radius 3 is 2.54 bits per heavy atom. The summed E-state index contributed by atoms with van der Waals surface area (Å²) in [6, 6.07) is 6.64. The maximum absolute atomic E-state index is 12.7. The Balaban J connectivity index is 1.93. The van der Waals surface area contributed by atoms with Crippen LogP contribution in [-0.2, 0) is 16.0 Å². The van der Waals surface area contributed by atoms with Crippen molar-refractivity contribution in [1.29, 1.82) is 0 Å². The predicted octanol–water partition coefficient (Wildman–Crippen LogP) is 3.66. The van der Waals surface area contributed by atoms with Crippen molar-refractivity contribution in [2.24, 2.45) is 0 Å². The molecule has 1 saturated carbocycles. The summed E-state index contributed by atoms with van der Waals surface area (Å²) in [7, 11) is -3.58. The number of hydrogen-bond donors (Lipinski definition) is 0. The van der Waals surface area contributed by atoms with E-state index in [1.165, 1.54) is 18.2 Å². The summed E-state index contributed by atoms with van der Waals surface area (Å²) in [6.45, 7) is 0. The van der Waals surface area contributed by atoms with Crippen LogP contribution in [-0.4, -0.2) is 23.8 Å². The van der Waals surface area contributed by atoms with Crippen LogP contribution >= 0.6 is 0 Å². The van der Waals surface area contributed by atoms with Gasteiger partial charge in [-0.05, 0) is 18.9 Å². The topological polar surface area (TPSA) is 73.1 Å². The van der Waals surface area contributed by atoms with Gasteiger partial charge in [0.2, 0.25) is 5.82 Å². The summed E-state index contributed by atoms with van der Waals surface area (Å²) >= 11 is 0. The van der Waals surface area contributed by atoms with Crippen molar-refractivity contribution < 1.29 is 26.1 Å². The molecule has 1 aliphatic rings. The van der Waals surface area contributed by atoms with Crippen LogP contribution in [0.5, 0.6) is 0 Å². The number of nitrogens with zero attached hydrogens (tertiary/aromatic N) is 2.